The van der Waals surface area contributed by atoms with Crippen LogP contribution < -0.4 is 5.32 Å². The van der Waals surface area contributed by atoms with Gasteiger partial charge in [0.1, 0.15) is 4.34 Å². The highest BCUT2D eigenvalue weighted by Gasteiger charge is 2.51. The van der Waals surface area contributed by atoms with Gasteiger partial charge in [-0.1, -0.05) is 11.8 Å². The van der Waals surface area contributed by atoms with Gasteiger partial charge in [-0.3, -0.25) is 4.79 Å². The third-order valence-corrected chi connectivity index (χ3v) is 7.15. The van der Waals surface area contributed by atoms with Gasteiger partial charge in [0, 0.05) is 17.1 Å². The Morgan fingerprint density at radius 1 is 1.30 bits per heavy atom. The maximum Gasteiger partial charge on any atom is 0.230 e. The van der Waals surface area contributed by atoms with E-state index in [9.17, 15) is 4.79 Å². The van der Waals surface area contributed by atoms with E-state index in [1.807, 2.05) is 5.38 Å². The maximum atomic E-state index is 12.3. The summed E-state index contributed by atoms with van der Waals surface area (Å²) in [6, 6.07) is 0. The number of rotatable bonds is 4. The minimum Gasteiger partial charge on any atom is -0.350 e. The zero-order chi connectivity index (χ0) is 13.6. The van der Waals surface area contributed by atoms with Crippen molar-refractivity contribution < 1.29 is 4.79 Å². The van der Waals surface area contributed by atoms with E-state index >= 15 is 0 Å². The smallest absolute Gasteiger partial charge is 0.230 e. The average molecular weight is 308 g/mol. The lowest BCUT2D eigenvalue weighted by molar-refractivity contribution is -0.124. The number of carbonyl (C=O) groups is 1. The molecule has 5 heteroatoms. The molecule has 1 N–H and O–H groups in total. The molecule has 0 unspecified atom stereocenters. The van der Waals surface area contributed by atoms with Crippen molar-refractivity contribution in [3.8, 4) is 0 Å². The molecule has 4 aliphatic rings. The fraction of sp³-hybridized carbons (Fsp3) is 0.733. The number of nitrogens with zero attached hydrogens (tertiary/aromatic N) is 1. The van der Waals surface area contributed by atoms with E-state index in [1.54, 1.807) is 29.3 Å². The van der Waals surface area contributed by atoms with E-state index in [2.05, 4.69) is 10.3 Å². The molecule has 0 radical (unpaired) electrons. The van der Waals surface area contributed by atoms with E-state index in [1.165, 1.54) is 38.5 Å². The Bertz CT molecular complexity index is 465. The molecule has 0 aliphatic heterocycles. The standard InChI is InChI=1S/C15H20N2OS2/c18-13(9-20-14-16-1-2-19-14)17-15-6-10-3-11(7-15)5-12(4-10)8-15/h1-2,10-12H,3-9H2,(H,17,18). The lowest BCUT2D eigenvalue weighted by atomic mass is 9.53. The lowest BCUT2D eigenvalue weighted by Crippen LogP contribution is -2.60. The molecule has 5 rings (SSSR count). The molecule has 4 fully saturated rings. The Morgan fingerprint density at radius 2 is 1.95 bits per heavy atom. The molecule has 1 heterocycles. The molecule has 1 amide bonds. The van der Waals surface area contributed by atoms with Crippen LogP contribution in [0.1, 0.15) is 38.5 Å². The lowest BCUT2D eigenvalue weighted by Gasteiger charge is -2.56. The Balaban J connectivity index is 1.37. The van der Waals surface area contributed by atoms with Gasteiger partial charge in [-0.2, -0.15) is 0 Å². The van der Waals surface area contributed by atoms with Crippen molar-refractivity contribution >= 4 is 29.0 Å². The van der Waals surface area contributed by atoms with Crippen LogP contribution in [0.3, 0.4) is 0 Å². The number of hydrogen-bond donors (Lipinski definition) is 1. The van der Waals surface area contributed by atoms with Crippen molar-refractivity contribution in [1.29, 1.82) is 0 Å². The summed E-state index contributed by atoms with van der Waals surface area (Å²) in [6.07, 6.45) is 9.74. The van der Waals surface area contributed by atoms with Crippen molar-refractivity contribution in [2.24, 2.45) is 17.8 Å². The van der Waals surface area contributed by atoms with Gasteiger partial charge in [0.15, 0.2) is 0 Å². The summed E-state index contributed by atoms with van der Waals surface area (Å²) >= 11 is 3.17. The number of aromatic nitrogens is 1. The fourth-order valence-corrected chi connectivity index (χ4v) is 6.44. The van der Waals surface area contributed by atoms with Crippen LogP contribution in [0.4, 0.5) is 0 Å². The van der Waals surface area contributed by atoms with E-state index < -0.39 is 0 Å². The number of amides is 1. The summed E-state index contributed by atoms with van der Waals surface area (Å²) in [4.78, 5) is 16.5. The van der Waals surface area contributed by atoms with E-state index in [-0.39, 0.29) is 11.4 Å². The topological polar surface area (TPSA) is 42.0 Å². The Labute approximate surface area is 127 Å². The summed E-state index contributed by atoms with van der Waals surface area (Å²) in [7, 11) is 0. The Morgan fingerprint density at radius 3 is 2.50 bits per heavy atom. The number of thioether (sulfide) groups is 1. The molecule has 1 aromatic heterocycles. The van der Waals surface area contributed by atoms with Gasteiger partial charge in [0.05, 0.1) is 5.75 Å². The highest BCUT2D eigenvalue weighted by atomic mass is 32.2. The first kappa shape index (κ1) is 13.1. The number of thiazole rings is 1. The first-order valence-electron chi connectivity index (χ1n) is 7.54. The number of hydrogen-bond acceptors (Lipinski definition) is 4. The second-order valence-electron chi connectivity index (χ2n) is 6.83. The predicted octanol–water partition coefficient (Wildman–Crippen LogP) is 3.32. The first-order chi connectivity index (χ1) is 9.71. The third-order valence-electron chi connectivity index (χ3n) is 5.18. The predicted molar refractivity (Wildman–Crippen MR) is 81.9 cm³/mol. The highest BCUT2D eigenvalue weighted by Crippen LogP contribution is 2.55. The van der Waals surface area contributed by atoms with Crippen LogP contribution in [0.25, 0.3) is 0 Å². The molecular weight excluding hydrogens is 288 g/mol. The fourth-order valence-electron chi connectivity index (χ4n) is 5.00. The van der Waals surface area contributed by atoms with E-state index in [4.69, 9.17) is 0 Å². The second-order valence-corrected chi connectivity index (χ2v) is 8.95. The van der Waals surface area contributed by atoms with Crippen molar-refractivity contribution in [3.05, 3.63) is 11.6 Å². The summed E-state index contributed by atoms with van der Waals surface area (Å²) in [5.41, 5.74) is 0.148. The monoisotopic (exact) mass is 308 g/mol. The van der Waals surface area contributed by atoms with Crippen LogP contribution in [-0.4, -0.2) is 22.2 Å². The van der Waals surface area contributed by atoms with Crippen molar-refractivity contribution in [2.75, 3.05) is 5.75 Å². The molecule has 4 aliphatic carbocycles. The molecular formula is C15H20N2OS2. The number of carbonyl (C=O) groups excluding carboxylic acids is 1. The minimum absolute atomic E-state index is 0.148. The van der Waals surface area contributed by atoms with Crippen LogP contribution >= 0.6 is 23.1 Å². The molecule has 3 nitrogen and oxygen atoms in total. The van der Waals surface area contributed by atoms with Crippen LogP contribution in [0.5, 0.6) is 0 Å². The maximum absolute atomic E-state index is 12.3. The van der Waals surface area contributed by atoms with Crippen LogP contribution in [0, 0.1) is 17.8 Å². The molecule has 0 saturated heterocycles. The number of nitrogens with one attached hydrogen (secondary N) is 1. The normalized spacial score (nSPS) is 38.1. The van der Waals surface area contributed by atoms with E-state index in [0.29, 0.717) is 5.75 Å². The molecule has 0 aromatic carbocycles. The first-order valence-corrected chi connectivity index (χ1v) is 9.41. The Kier molecular flexibility index (Phi) is 3.30. The molecule has 4 bridgehead atoms. The quantitative estimate of drug-likeness (QED) is 0.868. The van der Waals surface area contributed by atoms with Gasteiger partial charge in [0.2, 0.25) is 5.91 Å². The molecule has 0 spiro atoms. The molecule has 4 saturated carbocycles. The van der Waals surface area contributed by atoms with E-state index in [0.717, 1.165) is 22.1 Å². The van der Waals surface area contributed by atoms with Gasteiger partial charge in [-0.25, -0.2) is 4.98 Å². The molecule has 1 aromatic rings. The van der Waals surface area contributed by atoms with Gasteiger partial charge in [0.25, 0.3) is 0 Å². The summed E-state index contributed by atoms with van der Waals surface area (Å²) in [5.74, 6) is 3.36. The summed E-state index contributed by atoms with van der Waals surface area (Å²) < 4.78 is 0.991. The van der Waals surface area contributed by atoms with Crippen LogP contribution in [0.15, 0.2) is 15.9 Å². The van der Waals surface area contributed by atoms with Crippen LogP contribution in [-0.2, 0) is 4.79 Å². The molecule has 20 heavy (non-hydrogen) atoms. The van der Waals surface area contributed by atoms with Crippen molar-refractivity contribution in [2.45, 2.75) is 48.4 Å². The molecule has 108 valence electrons. The van der Waals surface area contributed by atoms with Crippen molar-refractivity contribution in [3.63, 3.8) is 0 Å². The SMILES string of the molecule is O=C(CSc1nccs1)NC12CC3CC(CC(C3)C1)C2. The van der Waals surface area contributed by atoms with Gasteiger partial charge in [-0.15, -0.1) is 11.3 Å². The van der Waals surface area contributed by atoms with Gasteiger partial charge >= 0.3 is 0 Å². The average Bonchev–Trinajstić information content (AvgIpc) is 2.87. The zero-order valence-corrected chi connectivity index (χ0v) is 13.1. The van der Waals surface area contributed by atoms with Crippen LogP contribution in [0.2, 0.25) is 0 Å². The zero-order valence-electron chi connectivity index (χ0n) is 11.5. The summed E-state index contributed by atoms with van der Waals surface area (Å²) in [6.45, 7) is 0. The largest absolute Gasteiger partial charge is 0.350 e. The minimum atomic E-state index is 0.148. The highest BCUT2D eigenvalue weighted by molar-refractivity contribution is 8.01. The second kappa shape index (κ2) is 5.02. The van der Waals surface area contributed by atoms with Gasteiger partial charge in [-0.05, 0) is 56.3 Å². The Hall–Kier alpha value is -0.550. The van der Waals surface area contributed by atoms with Crippen molar-refractivity contribution in [1.82, 2.24) is 10.3 Å². The molecule has 0 atom stereocenters. The summed E-state index contributed by atoms with van der Waals surface area (Å²) in [5, 5.41) is 5.36. The third kappa shape index (κ3) is 2.50. The van der Waals surface area contributed by atoms with Gasteiger partial charge < -0.3 is 5.32 Å².